The number of nitrogens with one attached hydrogen (secondary N) is 1. The van der Waals surface area contributed by atoms with Crippen LogP contribution in [0.3, 0.4) is 0 Å². The van der Waals surface area contributed by atoms with Crippen LogP contribution in [0.1, 0.15) is 12.5 Å². The van der Waals surface area contributed by atoms with Crippen molar-refractivity contribution in [2.24, 2.45) is 5.73 Å². The molecule has 1 aromatic rings. The summed E-state index contributed by atoms with van der Waals surface area (Å²) in [4.78, 5) is 28.7. The Morgan fingerprint density at radius 2 is 2.29 bits per heavy atom. The monoisotopic (exact) mass is 260 g/mol. The number of aromatic nitrogens is 2. The first-order valence-electron chi connectivity index (χ1n) is 4.92. The van der Waals surface area contributed by atoms with E-state index in [1.165, 1.54) is 0 Å². The minimum absolute atomic E-state index is 0.0553. The highest BCUT2D eigenvalue weighted by molar-refractivity contribution is 6.30. The average Bonchev–Trinajstić information content (AvgIpc) is 2.23. The first-order valence-corrected chi connectivity index (χ1v) is 5.29. The predicted molar refractivity (Wildman–Crippen MR) is 62.6 cm³/mol. The van der Waals surface area contributed by atoms with Crippen LogP contribution < -0.4 is 17.0 Å². The first-order chi connectivity index (χ1) is 7.95. The number of esters is 1. The molecular weight excluding hydrogens is 248 g/mol. The molecule has 5 N–H and O–H groups in total. The summed E-state index contributed by atoms with van der Waals surface area (Å²) in [6, 6.07) is -0.959. The summed E-state index contributed by atoms with van der Waals surface area (Å²) in [5.74, 6) is -0.687. The summed E-state index contributed by atoms with van der Waals surface area (Å²) >= 11 is 5.74. The number of hydrogen-bond donors (Lipinski definition) is 3. The highest BCUT2D eigenvalue weighted by Gasteiger charge is 2.19. The molecule has 1 heterocycles. The van der Waals surface area contributed by atoms with Gasteiger partial charge < -0.3 is 16.2 Å². The number of halogens is 1. The summed E-state index contributed by atoms with van der Waals surface area (Å²) < 4.78 is 4.71. The Hall–Kier alpha value is -1.60. The van der Waals surface area contributed by atoms with E-state index in [-0.39, 0.29) is 29.7 Å². The smallest absolute Gasteiger partial charge is 0.323 e. The van der Waals surface area contributed by atoms with E-state index in [1.54, 1.807) is 6.92 Å². The summed E-state index contributed by atoms with van der Waals surface area (Å²) in [6.45, 7) is 1.88. The number of carbonyl (C=O) groups excluding carboxylic acids is 1. The van der Waals surface area contributed by atoms with Crippen LogP contribution in [-0.4, -0.2) is 28.6 Å². The fraction of sp³-hybridized carbons (Fsp3) is 0.444. The van der Waals surface area contributed by atoms with Gasteiger partial charge in [0.1, 0.15) is 11.2 Å². The quantitative estimate of drug-likeness (QED) is 0.492. The Kier molecular flexibility index (Phi) is 4.47. The highest BCUT2D eigenvalue weighted by atomic mass is 35.5. The van der Waals surface area contributed by atoms with Crippen molar-refractivity contribution in [3.05, 3.63) is 21.1 Å². The maximum atomic E-state index is 11.5. The molecule has 1 rings (SSSR count). The summed E-state index contributed by atoms with van der Waals surface area (Å²) in [7, 11) is 0. The van der Waals surface area contributed by atoms with Crippen LogP contribution in [0, 0.1) is 0 Å². The number of hydrogen-bond acceptors (Lipinski definition) is 6. The van der Waals surface area contributed by atoms with Crippen molar-refractivity contribution >= 4 is 23.5 Å². The van der Waals surface area contributed by atoms with E-state index >= 15 is 0 Å². The second-order valence-electron chi connectivity index (χ2n) is 3.28. The van der Waals surface area contributed by atoms with Crippen LogP contribution in [0.4, 0.5) is 5.95 Å². The standard InChI is InChI=1S/C9H13ClN4O3/c1-2-17-8(16)5(11)3-4-6(10)13-9(12)14-7(4)15/h5H,2-3,11H2,1H3,(H3,12,13,14,15). The van der Waals surface area contributed by atoms with Crippen molar-refractivity contribution < 1.29 is 9.53 Å². The van der Waals surface area contributed by atoms with Crippen molar-refractivity contribution in [3.8, 4) is 0 Å². The molecule has 0 saturated carbocycles. The average molecular weight is 261 g/mol. The second kappa shape index (κ2) is 5.65. The van der Waals surface area contributed by atoms with Gasteiger partial charge in [0.25, 0.3) is 5.56 Å². The molecule has 0 aliphatic carbocycles. The Morgan fingerprint density at radius 1 is 1.65 bits per heavy atom. The number of aromatic amines is 1. The minimum Gasteiger partial charge on any atom is -0.465 e. The molecule has 0 aromatic carbocycles. The van der Waals surface area contributed by atoms with Crippen molar-refractivity contribution in [1.82, 2.24) is 9.97 Å². The maximum Gasteiger partial charge on any atom is 0.323 e. The molecule has 0 aliphatic heterocycles. The third-order valence-corrected chi connectivity index (χ3v) is 2.31. The largest absolute Gasteiger partial charge is 0.465 e. The van der Waals surface area contributed by atoms with Gasteiger partial charge in [-0.3, -0.25) is 14.6 Å². The molecule has 8 heteroatoms. The van der Waals surface area contributed by atoms with Crippen LogP contribution in [0.15, 0.2) is 4.79 Å². The van der Waals surface area contributed by atoms with Gasteiger partial charge >= 0.3 is 5.97 Å². The number of carbonyl (C=O) groups is 1. The van der Waals surface area contributed by atoms with Gasteiger partial charge in [0, 0.05) is 6.42 Å². The van der Waals surface area contributed by atoms with Crippen molar-refractivity contribution in [2.45, 2.75) is 19.4 Å². The topological polar surface area (TPSA) is 124 Å². The molecular formula is C9H13ClN4O3. The SMILES string of the molecule is CCOC(=O)C(N)Cc1c(Cl)nc(N)[nH]c1=O. The molecule has 1 atom stereocenters. The molecule has 0 amide bonds. The molecule has 1 aromatic heterocycles. The number of nitrogens with two attached hydrogens (primary N) is 2. The number of nitrogens with zero attached hydrogens (tertiary/aromatic N) is 1. The Labute approximate surface area is 102 Å². The molecule has 0 aliphatic rings. The lowest BCUT2D eigenvalue weighted by Gasteiger charge is -2.10. The molecule has 94 valence electrons. The number of anilines is 1. The first kappa shape index (κ1) is 13.5. The second-order valence-corrected chi connectivity index (χ2v) is 3.64. The van der Waals surface area contributed by atoms with E-state index in [0.29, 0.717) is 0 Å². The predicted octanol–water partition coefficient (Wildman–Crippen LogP) is -0.562. The van der Waals surface area contributed by atoms with Crippen molar-refractivity contribution in [3.63, 3.8) is 0 Å². The normalized spacial score (nSPS) is 12.2. The maximum absolute atomic E-state index is 11.5. The molecule has 1 unspecified atom stereocenters. The van der Waals surface area contributed by atoms with Crippen LogP contribution in [-0.2, 0) is 16.0 Å². The minimum atomic E-state index is -0.959. The van der Waals surface area contributed by atoms with Crippen LogP contribution in [0.25, 0.3) is 0 Å². The zero-order valence-corrected chi connectivity index (χ0v) is 9.95. The highest BCUT2D eigenvalue weighted by Crippen LogP contribution is 2.11. The molecule has 7 nitrogen and oxygen atoms in total. The summed E-state index contributed by atoms with van der Waals surface area (Å²) in [5.41, 5.74) is 10.5. The zero-order valence-electron chi connectivity index (χ0n) is 9.20. The number of rotatable bonds is 4. The Morgan fingerprint density at radius 3 is 2.82 bits per heavy atom. The summed E-state index contributed by atoms with van der Waals surface area (Å²) in [5, 5.41) is -0.0639. The van der Waals surface area contributed by atoms with Crippen LogP contribution in [0.5, 0.6) is 0 Å². The fourth-order valence-electron chi connectivity index (χ4n) is 1.22. The van der Waals surface area contributed by atoms with Gasteiger partial charge in [0.05, 0.1) is 12.2 Å². The van der Waals surface area contributed by atoms with Crippen LogP contribution >= 0.6 is 11.6 Å². The molecule has 0 fully saturated rings. The lowest BCUT2D eigenvalue weighted by atomic mass is 10.1. The van der Waals surface area contributed by atoms with Crippen LogP contribution in [0.2, 0.25) is 5.15 Å². The van der Waals surface area contributed by atoms with Crippen molar-refractivity contribution in [1.29, 1.82) is 0 Å². The Balaban J connectivity index is 2.89. The van der Waals surface area contributed by atoms with Gasteiger partial charge in [-0.25, -0.2) is 4.98 Å². The molecule has 17 heavy (non-hydrogen) atoms. The van der Waals surface area contributed by atoms with E-state index in [4.69, 9.17) is 27.8 Å². The van der Waals surface area contributed by atoms with Gasteiger partial charge in [0.2, 0.25) is 5.95 Å². The molecule has 0 radical (unpaired) electrons. The number of ether oxygens (including phenoxy) is 1. The van der Waals surface area contributed by atoms with E-state index < -0.39 is 17.6 Å². The molecule has 0 bridgehead atoms. The lowest BCUT2D eigenvalue weighted by Crippen LogP contribution is -2.36. The van der Waals surface area contributed by atoms with E-state index in [2.05, 4.69) is 9.97 Å². The number of H-pyrrole nitrogens is 1. The molecule has 0 saturated heterocycles. The van der Waals surface area contributed by atoms with E-state index in [1.807, 2.05) is 0 Å². The lowest BCUT2D eigenvalue weighted by molar-refractivity contribution is -0.144. The Bertz CT molecular complexity index is 474. The molecule has 0 spiro atoms. The van der Waals surface area contributed by atoms with Gasteiger partial charge in [-0.15, -0.1) is 0 Å². The van der Waals surface area contributed by atoms with E-state index in [9.17, 15) is 9.59 Å². The third-order valence-electron chi connectivity index (χ3n) is 2.00. The summed E-state index contributed by atoms with van der Waals surface area (Å²) in [6.07, 6.45) is -0.0553. The van der Waals surface area contributed by atoms with Crippen molar-refractivity contribution in [2.75, 3.05) is 12.3 Å². The third kappa shape index (κ3) is 3.43. The van der Waals surface area contributed by atoms with Gasteiger partial charge in [0.15, 0.2) is 0 Å². The number of nitrogen functional groups attached to an aromatic ring is 1. The fourth-order valence-corrected chi connectivity index (χ4v) is 1.47. The van der Waals surface area contributed by atoms with Gasteiger partial charge in [-0.05, 0) is 6.92 Å². The van der Waals surface area contributed by atoms with Gasteiger partial charge in [-0.2, -0.15) is 0 Å². The van der Waals surface area contributed by atoms with E-state index in [0.717, 1.165) is 0 Å². The van der Waals surface area contributed by atoms with Gasteiger partial charge in [-0.1, -0.05) is 11.6 Å². The zero-order chi connectivity index (χ0) is 13.0.